The molecule has 21 heavy (non-hydrogen) atoms. The van der Waals surface area contributed by atoms with Crippen LogP contribution in [-0.2, 0) is 12.8 Å². The molecule has 0 spiro atoms. The fraction of sp³-hybridized carbons (Fsp3) is 0.750. The minimum Gasteiger partial charge on any atom is -0.356 e. The molecule has 0 aliphatic carbocycles. The van der Waals surface area contributed by atoms with Crippen molar-refractivity contribution in [2.45, 2.75) is 52.9 Å². The Hall–Kier alpha value is -1.10. The Labute approximate surface area is 133 Å². The van der Waals surface area contributed by atoms with Crippen molar-refractivity contribution in [2.75, 3.05) is 20.1 Å². The average molecular weight is 311 g/mol. The molecule has 0 aromatic carbocycles. The summed E-state index contributed by atoms with van der Waals surface area (Å²) in [7, 11) is 1.82. The minimum atomic E-state index is 0.800. The molecule has 0 saturated heterocycles. The lowest BCUT2D eigenvalue weighted by atomic mass is 10.1. The summed E-state index contributed by atoms with van der Waals surface area (Å²) in [5.41, 5.74) is 1.18. The van der Waals surface area contributed by atoms with Gasteiger partial charge < -0.3 is 10.6 Å². The Morgan fingerprint density at radius 1 is 1.29 bits per heavy atom. The van der Waals surface area contributed by atoms with Gasteiger partial charge in [-0.1, -0.05) is 33.6 Å². The zero-order chi connectivity index (χ0) is 15.5. The normalized spacial score (nSPS) is 12.0. The second-order valence-electron chi connectivity index (χ2n) is 5.65. The molecule has 2 N–H and O–H groups in total. The van der Waals surface area contributed by atoms with E-state index in [1.165, 1.54) is 30.0 Å². The van der Waals surface area contributed by atoms with Crippen LogP contribution in [0.5, 0.6) is 0 Å². The third kappa shape index (κ3) is 8.05. The highest BCUT2D eigenvalue weighted by Crippen LogP contribution is 2.10. The van der Waals surface area contributed by atoms with Gasteiger partial charge in [0.1, 0.15) is 0 Å². The van der Waals surface area contributed by atoms with Gasteiger partial charge in [0, 0.05) is 31.9 Å². The molecule has 0 aliphatic rings. The quantitative estimate of drug-likeness (QED) is 0.418. The van der Waals surface area contributed by atoms with E-state index >= 15 is 0 Å². The summed E-state index contributed by atoms with van der Waals surface area (Å²) < 4.78 is 0. The number of thiazole rings is 1. The van der Waals surface area contributed by atoms with E-state index < -0.39 is 0 Å². The molecule has 1 aromatic rings. The van der Waals surface area contributed by atoms with E-state index in [2.05, 4.69) is 46.8 Å². The highest BCUT2D eigenvalue weighted by atomic mass is 32.1. The molecular weight excluding hydrogens is 280 g/mol. The molecule has 1 rings (SSSR count). The lowest BCUT2D eigenvalue weighted by Crippen LogP contribution is -2.38. The van der Waals surface area contributed by atoms with E-state index in [0.717, 1.165) is 37.8 Å². The van der Waals surface area contributed by atoms with Gasteiger partial charge in [-0.25, -0.2) is 4.98 Å². The van der Waals surface area contributed by atoms with Gasteiger partial charge in [-0.3, -0.25) is 4.99 Å². The van der Waals surface area contributed by atoms with Crippen molar-refractivity contribution in [3.8, 4) is 0 Å². The van der Waals surface area contributed by atoms with Gasteiger partial charge in [0.05, 0.1) is 10.7 Å². The minimum absolute atomic E-state index is 0.800. The second-order valence-corrected chi connectivity index (χ2v) is 6.59. The van der Waals surface area contributed by atoms with Crippen molar-refractivity contribution in [3.63, 3.8) is 0 Å². The van der Waals surface area contributed by atoms with Crippen molar-refractivity contribution in [1.82, 2.24) is 15.6 Å². The van der Waals surface area contributed by atoms with E-state index in [1.807, 2.05) is 7.05 Å². The van der Waals surface area contributed by atoms with Gasteiger partial charge in [-0.2, -0.15) is 0 Å². The van der Waals surface area contributed by atoms with Crippen LogP contribution in [0.2, 0.25) is 0 Å². The first-order valence-electron chi connectivity index (χ1n) is 8.03. The van der Waals surface area contributed by atoms with Gasteiger partial charge in [0.2, 0.25) is 0 Å². The summed E-state index contributed by atoms with van der Waals surface area (Å²) in [6.45, 7) is 8.56. The maximum Gasteiger partial charge on any atom is 0.190 e. The summed E-state index contributed by atoms with van der Waals surface area (Å²) in [5, 5.41) is 10.1. The highest BCUT2D eigenvalue weighted by Gasteiger charge is 2.01. The number of guanidine groups is 1. The molecule has 0 atom stereocenters. The van der Waals surface area contributed by atoms with E-state index in [0.29, 0.717) is 0 Å². The molecule has 5 heteroatoms. The van der Waals surface area contributed by atoms with Gasteiger partial charge in [0.25, 0.3) is 0 Å². The molecule has 120 valence electrons. The molecule has 0 aliphatic heterocycles. The largest absolute Gasteiger partial charge is 0.356 e. The van der Waals surface area contributed by atoms with Crippen LogP contribution in [0.15, 0.2) is 10.4 Å². The van der Waals surface area contributed by atoms with Crippen molar-refractivity contribution in [3.05, 3.63) is 16.1 Å². The molecule has 1 aromatic heterocycles. The third-order valence-electron chi connectivity index (χ3n) is 3.30. The third-order valence-corrected chi connectivity index (χ3v) is 4.34. The Bertz CT molecular complexity index is 412. The number of aryl methyl sites for hydroxylation is 1. The van der Waals surface area contributed by atoms with Crippen LogP contribution in [0.1, 0.15) is 50.7 Å². The number of hydrogen-bond acceptors (Lipinski definition) is 3. The van der Waals surface area contributed by atoms with Gasteiger partial charge in [-0.15, -0.1) is 11.3 Å². The Morgan fingerprint density at radius 3 is 2.67 bits per heavy atom. The molecular formula is C16H30N4S. The topological polar surface area (TPSA) is 49.3 Å². The van der Waals surface area contributed by atoms with E-state index in [-0.39, 0.29) is 0 Å². The number of unbranched alkanes of at least 4 members (excludes halogenated alkanes) is 1. The Balaban J connectivity index is 2.13. The van der Waals surface area contributed by atoms with Crippen LogP contribution in [0.3, 0.4) is 0 Å². The molecule has 4 nitrogen and oxygen atoms in total. The van der Waals surface area contributed by atoms with Crippen molar-refractivity contribution in [1.29, 1.82) is 0 Å². The molecule has 0 bridgehead atoms. The maximum absolute atomic E-state index is 4.57. The average Bonchev–Trinajstić information content (AvgIpc) is 2.92. The molecule has 0 radical (unpaired) electrons. The Morgan fingerprint density at radius 2 is 2.05 bits per heavy atom. The number of aromatic nitrogens is 1. The van der Waals surface area contributed by atoms with E-state index in [4.69, 9.17) is 0 Å². The second kappa shape index (κ2) is 10.6. The van der Waals surface area contributed by atoms with Crippen LogP contribution in [0.25, 0.3) is 0 Å². The van der Waals surface area contributed by atoms with Crippen LogP contribution >= 0.6 is 11.3 Å². The highest BCUT2D eigenvalue weighted by molar-refractivity contribution is 7.09. The summed E-state index contributed by atoms with van der Waals surface area (Å²) in [6, 6.07) is 0. The van der Waals surface area contributed by atoms with E-state index in [9.17, 15) is 0 Å². The summed E-state index contributed by atoms with van der Waals surface area (Å²) in [6.07, 6.45) is 5.75. The monoisotopic (exact) mass is 310 g/mol. The van der Waals surface area contributed by atoms with Crippen LogP contribution in [0, 0.1) is 5.92 Å². The van der Waals surface area contributed by atoms with Crippen LogP contribution in [-0.4, -0.2) is 31.1 Å². The predicted molar refractivity (Wildman–Crippen MR) is 93.2 cm³/mol. The summed E-state index contributed by atoms with van der Waals surface area (Å²) in [5.74, 6) is 1.69. The van der Waals surface area contributed by atoms with Gasteiger partial charge in [-0.05, 0) is 18.8 Å². The van der Waals surface area contributed by atoms with Gasteiger partial charge >= 0.3 is 0 Å². The number of nitrogens with one attached hydrogen (secondary N) is 2. The first-order chi connectivity index (χ1) is 10.2. The van der Waals surface area contributed by atoms with E-state index in [1.54, 1.807) is 11.3 Å². The number of rotatable bonds is 9. The maximum atomic E-state index is 4.57. The predicted octanol–water partition coefficient (Wildman–Crippen LogP) is 3.24. The van der Waals surface area contributed by atoms with Crippen LogP contribution in [0.4, 0.5) is 0 Å². The standard InChI is InChI=1S/C16H30N4S/c1-5-15-20-14(12-21-15)9-11-19-16(17-4)18-10-7-6-8-13(2)3/h12-13H,5-11H2,1-4H3,(H2,17,18,19). The summed E-state index contributed by atoms with van der Waals surface area (Å²) in [4.78, 5) is 8.82. The van der Waals surface area contributed by atoms with Crippen LogP contribution < -0.4 is 10.6 Å². The fourth-order valence-electron chi connectivity index (χ4n) is 2.04. The molecule has 0 unspecified atom stereocenters. The van der Waals surface area contributed by atoms with Crippen molar-refractivity contribution < 1.29 is 0 Å². The molecule has 1 heterocycles. The first-order valence-corrected chi connectivity index (χ1v) is 8.91. The zero-order valence-electron chi connectivity index (χ0n) is 13.9. The molecule has 0 saturated carbocycles. The van der Waals surface area contributed by atoms with Crippen molar-refractivity contribution in [2.24, 2.45) is 10.9 Å². The zero-order valence-corrected chi connectivity index (χ0v) is 14.7. The number of aliphatic imine (C=N–C) groups is 1. The fourth-order valence-corrected chi connectivity index (χ4v) is 2.82. The molecule has 0 amide bonds. The lowest BCUT2D eigenvalue weighted by Gasteiger charge is -2.11. The number of nitrogens with zero attached hydrogens (tertiary/aromatic N) is 2. The Kier molecular flexibility index (Phi) is 9.06. The smallest absolute Gasteiger partial charge is 0.190 e. The van der Waals surface area contributed by atoms with Gasteiger partial charge in [0.15, 0.2) is 5.96 Å². The molecule has 0 fully saturated rings. The SMILES string of the molecule is CCc1nc(CCNC(=NC)NCCCCC(C)C)cs1. The first kappa shape index (κ1) is 18.0. The lowest BCUT2D eigenvalue weighted by molar-refractivity contribution is 0.534. The van der Waals surface area contributed by atoms with Crippen molar-refractivity contribution >= 4 is 17.3 Å². The number of hydrogen-bond donors (Lipinski definition) is 2. The summed E-state index contributed by atoms with van der Waals surface area (Å²) >= 11 is 1.75.